The molecule has 0 bridgehead atoms. The average molecular weight is 759 g/mol. The molecule has 3 heterocycles. The van der Waals surface area contributed by atoms with Crippen molar-refractivity contribution in [2.45, 2.75) is 0 Å². The maximum Gasteiger partial charge on any atom is 0.143 e. The molecule has 0 aliphatic heterocycles. The van der Waals surface area contributed by atoms with Crippen LogP contribution in [-0.2, 0) is 0 Å². The lowest BCUT2D eigenvalue weighted by molar-refractivity contribution is 0.670. The summed E-state index contributed by atoms with van der Waals surface area (Å²) >= 11 is 1.85. The zero-order chi connectivity index (χ0) is 38.2. The average Bonchev–Trinajstić information content (AvgIpc) is 3.97. The van der Waals surface area contributed by atoms with Gasteiger partial charge in [0, 0.05) is 64.1 Å². The molecule has 0 aliphatic carbocycles. The first kappa shape index (κ1) is 32.8. The van der Waals surface area contributed by atoms with Crippen molar-refractivity contribution in [3.05, 3.63) is 206 Å². The zero-order valence-electron chi connectivity index (χ0n) is 31.3. The molecule has 0 N–H and O–H groups in total. The van der Waals surface area contributed by atoms with Crippen LogP contribution in [-0.4, -0.2) is 4.57 Å². The summed E-state index contributed by atoms with van der Waals surface area (Å²) in [6.45, 7) is 0. The molecule has 0 amide bonds. The molecule has 0 saturated carbocycles. The quantitative estimate of drug-likeness (QED) is 0.168. The molecule has 3 nitrogen and oxygen atoms in total. The lowest BCUT2D eigenvalue weighted by Gasteiger charge is -2.30. The van der Waals surface area contributed by atoms with E-state index < -0.39 is 0 Å². The van der Waals surface area contributed by atoms with Gasteiger partial charge in [-0.2, -0.15) is 0 Å². The van der Waals surface area contributed by atoms with Crippen molar-refractivity contribution in [3.8, 4) is 27.9 Å². The predicted molar refractivity (Wildman–Crippen MR) is 247 cm³/mol. The molecule has 0 spiro atoms. The zero-order valence-corrected chi connectivity index (χ0v) is 32.2. The van der Waals surface area contributed by atoms with Crippen molar-refractivity contribution in [2.24, 2.45) is 0 Å². The van der Waals surface area contributed by atoms with Gasteiger partial charge in [0.05, 0.1) is 28.1 Å². The van der Waals surface area contributed by atoms with E-state index in [0.717, 1.165) is 66.9 Å². The SMILES string of the molecule is c1ccc(-n2c3ccccc3c3c(N(c4ccccc4-c4ccc5sc6ccccc6c5c4)c4ccccc4-c4cccc5c4oc4ccccc45)cccc32)cc1. The van der Waals surface area contributed by atoms with Gasteiger partial charge in [-0.3, -0.25) is 0 Å². The van der Waals surface area contributed by atoms with Gasteiger partial charge in [-0.15, -0.1) is 11.3 Å². The molecule has 272 valence electrons. The number of thiophene rings is 1. The second-order valence-corrected chi connectivity index (χ2v) is 15.9. The topological polar surface area (TPSA) is 21.3 Å². The highest BCUT2D eigenvalue weighted by Gasteiger charge is 2.26. The standard InChI is InChI=1S/C54H34N2OS/c1-2-16-36(17-3-1)55-47-27-11-6-22-43(47)53-48(55)28-15-29-49(53)56(45-25-9-4-18-37(45)35-32-33-52-44(34-35)40-21-8-13-31-51(40)58-52)46-26-10-5-19-38(46)41-23-14-24-42-39-20-7-12-30-50(39)57-54(41)42/h1-34H. The largest absolute Gasteiger partial charge is 0.455 e. The van der Waals surface area contributed by atoms with Gasteiger partial charge in [-0.1, -0.05) is 140 Å². The van der Waals surface area contributed by atoms with Crippen LogP contribution in [0.25, 0.3) is 91.9 Å². The third-order valence-corrected chi connectivity index (χ3v) is 12.8. The Morgan fingerprint density at radius 1 is 0.397 bits per heavy atom. The van der Waals surface area contributed by atoms with E-state index in [1.807, 2.05) is 17.4 Å². The van der Waals surface area contributed by atoms with Crippen LogP contribution >= 0.6 is 11.3 Å². The minimum Gasteiger partial charge on any atom is -0.455 e. The number of hydrogen-bond acceptors (Lipinski definition) is 3. The van der Waals surface area contributed by atoms with Crippen molar-refractivity contribution in [1.29, 1.82) is 0 Å². The Morgan fingerprint density at radius 2 is 1.00 bits per heavy atom. The first-order chi connectivity index (χ1) is 28.8. The van der Waals surface area contributed by atoms with Crippen LogP contribution in [0.5, 0.6) is 0 Å². The van der Waals surface area contributed by atoms with Crippen molar-refractivity contribution in [1.82, 2.24) is 4.57 Å². The van der Waals surface area contributed by atoms with Crippen LogP contribution in [0.15, 0.2) is 211 Å². The number of para-hydroxylation sites is 6. The highest BCUT2D eigenvalue weighted by molar-refractivity contribution is 7.25. The molecule has 0 unspecified atom stereocenters. The molecule has 0 atom stereocenters. The first-order valence-electron chi connectivity index (χ1n) is 19.7. The molecule has 58 heavy (non-hydrogen) atoms. The van der Waals surface area contributed by atoms with Crippen LogP contribution < -0.4 is 4.90 Å². The number of fused-ring (bicyclic) bond motifs is 9. The lowest BCUT2D eigenvalue weighted by Crippen LogP contribution is -2.13. The maximum atomic E-state index is 6.70. The highest BCUT2D eigenvalue weighted by atomic mass is 32.1. The third kappa shape index (κ3) is 4.99. The van der Waals surface area contributed by atoms with Crippen molar-refractivity contribution >= 4 is 92.3 Å². The van der Waals surface area contributed by atoms with Crippen molar-refractivity contribution < 1.29 is 4.42 Å². The Labute approximate surface area is 338 Å². The summed E-state index contributed by atoms with van der Waals surface area (Å²) in [6, 6.07) is 74.5. The Bertz CT molecular complexity index is 3540. The van der Waals surface area contributed by atoms with E-state index in [0.29, 0.717) is 0 Å². The summed E-state index contributed by atoms with van der Waals surface area (Å²) in [5.41, 5.74) is 12.9. The molecule has 0 saturated heterocycles. The van der Waals surface area contributed by atoms with Gasteiger partial charge < -0.3 is 13.9 Å². The van der Waals surface area contributed by atoms with E-state index in [2.05, 4.69) is 210 Å². The van der Waals surface area contributed by atoms with E-state index in [9.17, 15) is 0 Å². The molecule has 4 heteroatoms. The molecular weight excluding hydrogens is 725 g/mol. The molecule has 12 rings (SSSR count). The van der Waals surface area contributed by atoms with Gasteiger partial charge in [0.25, 0.3) is 0 Å². The number of benzene rings is 9. The summed E-state index contributed by atoms with van der Waals surface area (Å²) in [5.74, 6) is 0. The molecule has 9 aromatic carbocycles. The number of rotatable bonds is 6. The third-order valence-electron chi connectivity index (χ3n) is 11.6. The van der Waals surface area contributed by atoms with E-state index >= 15 is 0 Å². The Morgan fingerprint density at radius 3 is 1.88 bits per heavy atom. The van der Waals surface area contributed by atoms with E-state index in [4.69, 9.17) is 4.42 Å². The highest BCUT2D eigenvalue weighted by Crippen LogP contribution is 2.50. The molecule has 12 aromatic rings. The number of furan rings is 1. The Balaban J connectivity index is 1.18. The molecule has 0 aliphatic rings. The van der Waals surface area contributed by atoms with Gasteiger partial charge in [-0.05, 0) is 72.3 Å². The fourth-order valence-corrected chi connectivity index (χ4v) is 10.2. The van der Waals surface area contributed by atoms with E-state index in [1.54, 1.807) is 0 Å². The summed E-state index contributed by atoms with van der Waals surface area (Å²) in [6.07, 6.45) is 0. The summed E-state index contributed by atoms with van der Waals surface area (Å²) in [4.78, 5) is 2.49. The molecule has 0 fully saturated rings. The van der Waals surface area contributed by atoms with Gasteiger partial charge in [0.2, 0.25) is 0 Å². The summed E-state index contributed by atoms with van der Waals surface area (Å²) in [5, 5.41) is 7.19. The van der Waals surface area contributed by atoms with Crippen molar-refractivity contribution in [2.75, 3.05) is 4.90 Å². The van der Waals surface area contributed by atoms with Crippen molar-refractivity contribution in [3.63, 3.8) is 0 Å². The lowest BCUT2D eigenvalue weighted by atomic mass is 9.96. The number of nitrogens with zero attached hydrogens (tertiary/aromatic N) is 2. The number of anilines is 3. The fraction of sp³-hybridized carbons (Fsp3) is 0. The smallest absolute Gasteiger partial charge is 0.143 e. The summed E-state index contributed by atoms with van der Waals surface area (Å²) < 4.78 is 11.7. The van der Waals surface area contributed by atoms with Crippen LogP contribution in [0.1, 0.15) is 0 Å². The van der Waals surface area contributed by atoms with Crippen LogP contribution in [0.2, 0.25) is 0 Å². The second-order valence-electron chi connectivity index (χ2n) is 14.8. The van der Waals surface area contributed by atoms with Crippen LogP contribution in [0, 0.1) is 0 Å². The Hall–Kier alpha value is -7.40. The predicted octanol–water partition coefficient (Wildman–Crippen LogP) is 15.9. The normalized spacial score (nSPS) is 11.8. The summed E-state index contributed by atoms with van der Waals surface area (Å²) in [7, 11) is 0. The Kier molecular flexibility index (Phi) is 7.40. The fourth-order valence-electron chi connectivity index (χ4n) is 9.09. The van der Waals surface area contributed by atoms with Gasteiger partial charge in [0.1, 0.15) is 11.2 Å². The minimum absolute atomic E-state index is 0.887. The van der Waals surface area contributed by atoms with Gasteiger partial charge in [0.15, 0.2) is 0 Å². The second kappa shape index (κ2) is 13.1. The first-order valence-corrected chi connectivity index (χ1v) is 20.5. The molecular formula is C54H34N2OS. The molecule has 0 radical (unpaired) electrons. The van der Waals surface area contributed by atoms with E-state index in [-0.39, 0.29) is 0 Å². The van der Waals surface area contributed by atoms with Gasteiger partial charge >= 0.3 is 0 Å². The minimum atomic E-state index is 0.887. The maximum absolute atomic E-state index is 6.70. The monoisotopic (exact) mass is 758 g/mol. The van der Waals surface area contributed by atoms with Crippen LogP contribution in [0.4, 0.5) is 17.1 Å². The van der Waals surface area contributed by atoms with Crippen LogP contribution in [0.3, 0.4) is 0 Å². The number of aromatic nitrogens is 1. The molecule has 3 aromatic heterocycles. The van der Waals surface area contributed by atoms with E-state index in [1.165, 1.54) is 42.0 Å². The van der Waals surface area contributed by atoms with Gasteiger partial charge in [-0.25, -0.2) is 0 Å². The number of hydrogen-bond donors (Lipinski definition) is 0.